The molecule has 2 heteroatoms. The number of methoxy groups -OCH3 is 1. The van der Waals surface area contributed by atoms with E-state index in [1.54, 1.807) is 7.11 Å². The highest BCUT2D eigenvalue weighted by Gasteiger charge is 2.06. The fraction of sp³-hybridized carbons (Fsp3) is 0.0769. The van der Waals surface area contributed by atoms with Gasteiger partial charge in [-0.3, -0.25) is 0 Å². The number of hydrogen-bond acceptors (Lipinski definition) is 1. The van der Waals surface area contributed by atoms with Gasteiger partial charge in [0.05, 0.1) is 7.11 Å². The van der Waals surface area contributed by atoms with Crippen LogP contribution in [-0.2, 0) is 0 Å². The van der Waals surface area contributed by atoms with Crippen LogP contribution >= 0.6 is 0 Å². The average Bonchev–Trinajstić information content (AvgIpc) is 2.77. The van der Waals surface area contributed by atoms with E-state index in [-0.39, 0.29) is 0 Å². The van der Waals surface area contributed by atoms with Crippen molar-refractivity contribution in [3.63, 3.8) is 0 Å². The SMILES string of the molecule is COc1cc2ccccc2c2c[nH]cc12. The highest BCUT2D eigenvalue weighted by atomic mass is 16.5. The van der Waals surface area contributed by atoms with Gasteiger partial charge in [-0.1, -0.05) is 24.3 Å². The van der Waals surface area contributed by atoms with Crippen LogP contribution in [0.3, 0.4) is 0 Å². The third kappa shape index (κ3) is 1.11. The smallest absolute Gasteiger partial charge is 0.128 e. The Morgan fingerprint density at radius 3 is 2.67 bits per heavy atom. The Hall–Kier alpha value is -1.96. The molecule has 74 valence electrons. The second kappa shape index (κ2) is 3.02. The standard InChI is InChI=1S/C13H11NO/c1-15-13-6-9-4-2-3-5-10(9)11-7-14-8-12(11)13/h2-8,14H,1H3. The topological polar surface area (TPSA) is 25.0 Å². The van der Waals surface area contributed by atoms with Crippen molar-refractivity contribution in [2.45, 2.75) is 0 Å². The zero-order valence-electron chi connectivity index (χ0n) is 8.45. The first kappa shape index (κ1) is 8.36. The molecule has 2 aromatic carbocycles. The molecule has 3 rings (SSSR count). The number of aromatic nitrogens is 1. The van der Waals surface area contributed by atoms with Crippen molar-refractivity contribution in [1.29, 1.82) is 0 Å². The van der Waals surface area contributed by atoms with Gasteiger partial charge < -0.3 is 9.72 Å². The van der Waals surface area contributed by atoms with Gasteiger partial charge in [0, 0.05) is 23.2 Å². The molecular weight excluding hydrogens is 186 g/mol. The molecule has 0 amide bonds. The summed E-state index contributed by atoms with van der Waals surface area (Å²) in [4.78, 5) is 3.12. The van der Waals surface area contributed by atoms with Crippen molar-refractivity contribution in [2.75, 3.05) is 7.11 Å². The summed E-state index contributed by atoms with van der Waals surface area (Å²) in [5, 5.41) is 4.82. The Labute approximate surface area is 87.5 Å². The molecule has 0 spiro atoms. The van der Waals surface area contributed by atoms with E-state index in [0.29, 0.717) is 0 Å². The summed E-state index contributed by atoms with van der Waals surface area (Å²) in [6, 6.07) is 10.4. The van der Waals surface area contributed by atoms with Gasteiger partial charge in [-0.25, -0.2) is 0 Å². The first-order valence-electron chi connectivity index (χ1n) is 4.92. The van der Waals surface area contributed by atoms with Gasteiger partial charge in [-0.05, 0) is 16.8 Å². The van der Waals surface area contributed by atoms with Crippen molar-refractivity contribution < 1.29 is 4.74 Å². The van der Waals surface area contributed by atoms with Crippen LogP contribution in [0.5, 0.6) is 5.75 Å². The fourth-order valence-electron chi connectivity index (χ4n) is 2.05. The fourth-order valence-corrected chi connectivity index (χ4v) is 2.05. The molecular formula is C13H11NO. The number of hydrogen-bond donors (Lipinski definition) is 1. The number of ether oxygens (including phenoxy) is 1. The summed E-state index contributed by atoms with van der Waals surface area (Å²) in [5.41, 5.74) is 0. The molecule has 0 aliphatic carbocycles. The number of rotatable bonds is 1. The van der Waals surface area contributed by atoms with Crippen LogP contribution in [0.15, 0.2) is 42.7 Å². The van der Waals surface area contributed by atoms with Gasteiger partial charge >= 0.3 is 0 Å². The van der Waals surface area contributed by atoms with Crippen LogP contribution in [0.1, 0.15) is 0 Å². The molecule has 0 aliphatic rings. The molecule has 0 radical (unpaired) electrons. The minimum atomic E-state index is 0.921. The summed E-state index contributed by atoms with van der Waals surface area (Å²) >= 11 is 0. The van der Waals surface area contributed by atoms with Crippen LogP contribution in [0, 0.1) is 0 Å². The Balaban J connectivity index is 2.57. The van der Waals surface area contributed by atoms with E-state index in [1.807, 2.05) is 18.5 Å². The van der Waals surface area contributed by atoms with E-state index in [1.165, 1.54) is 16.2 Å². The molecule has 15 heavy (non-hydrogen) atoms. The third-order valence-corrected chi connectivity index (χ3v) is 2.77. The van der Waals surface area contributed by atoms with E-state index in [0.717, 1.165) is 11.1 Å². The largest absolute Gasteiger partial charge is 0.496 e. The summed E-state index contributed by atoms with van der Waals surface area (Å²) in [5.74, 6) is 0.921. The van der Waals surface area contributed by atoms with Crippen LogP contribution < -0.4 is 4.74 Å². The van der Waals surface area contributed by atoms with E-state index in [2.05, 4.69) is 29.2 Å². The Morgan fingerprint density at radius 2 is 1.80 bits per heavy atom. The Morgan fingerprint density at radius 1 is 1.00 bits per heavy atom. The summed E-state index contributed by atoms with van der Waals surface area (Å²) in [6.07, 6.45) is 3.99. The monoisotopic (exact) mass is 197 g/mol. The minimum absolute atomic E-state index is 0.921. The lowest BCUT2D eigenvalue weighted by atomic mass is 10.1. The summed E-state index contributed by atoms with van der Waals surface area (Å²) < 4.78 is 5.37. The van der Waals surface area contributed by atoms with E-state index < -0.39 is 0 Å². The molecule has 0 saturated heterocycles. The molecule has 0 saturated carbocycles. The normalized spacial score (nSPS) is 11.0. The van der Waals surface area contributed by atoms with Gasteiger partial charge in [0.25, 0.3) is 0 Å². The summed E-state index contributed by atoms with van der Waals surface area (Å²) in [6.45, 7) is 0. The predicted octanol–water partition coefficient (Wildman–Crippen LogP) is 3.33. The van der Waals surface area contributed by atoms with Crippen molar-refractivity contribution in [3.05, 3.63) is 42.7 Å². The first-order valence-corrected chi connectivity index (χ1v) is 4.92. The molecule has 0 atom stereocenters. The van der Waals surface area contributed by atoms with Crippen LogP contribution in [0.2, 0.25) is 0 Å². The van der Waals surface area contributed by atoms with E-state index in [4.69, 9.17) is 4.74 Å². The maximum Gasteiger partial charge on any atom is 0.128 e. The van der Waals surface area contributed by atoms with Crippen molar-refractivity contribution in [1.82, 2.24) is 4.98 Å². The van der Waals surface area contributed by atoms with Gasteiger partial charge in [-0.2, -0.15) is 0 Å². The zero-order valence-corrected chi connectivity index (χ0v) is 8.45. The third-order valence-electron chi connectivity index (χ3n) is 2.77. The first-order chi connectivity index (χ1) is 7.40. The van der Waals surface area contributed by atoms with Gasteiger partial charge in [-0.15, -0.1) is 0 Å². The molecule has 1 aromatic heterocycles. The maximum atomic E-state index is 5.37. The quantitative estimate of drug-likeness (QED) is 0.636. The van der Waals surface area contributed by atoms with Gasteiger partial charge in [0.15, 0.2) is 0 Å². The van der Waals surface area contributed by atoms with Gasteiger partial charge in [0.2, 0.25) is 0 Å². The predicted molar refractivity (Wildman–Crippen MR) is 62.4 cm³/mol. The second-order valence-electron chi connectivity index (χ2n) is 3.58. The number of nitrogens with one attached hydrogen (secondary N) is 1. The number of aromatic amines is 1. The summed E-state index contributed by atoms with van der Waals surface area (Å²) in [7, 11) is 1.70. The van der Waals surface area contributed by atoms with E-state index >= 15 is 0 Å². The number of fused-ring (bicyclic) bond motifs is 3. The van der Waals surface area contributed by atoms with Gasteiger partial charge in [0.1, 0.15) is 5.75 Å². The lowest BCUT2D eigenvalue weighted by Gasteiger charge is -2.05. The molecule has 2 nitrogen and oxygen atoms in total. The molecule has 0 bridgehead atoms. The molecule has 1 N–H and O–H groups in total. The van der Waals surface area contributed by atoms with Crippen molar-refractivity contribution >= 4 is 21.5 Å². The highest BCUT2D eigenvalue weighted by Crippen LogP contribution is 2.32. The lowest BCUT2D eigenvalue weighted by Crippen LogP contribution is -1.84. The second-order valence-corrected chi connectivity index (χ2v) is 3.58. The van der Waals surface area contributed by atoms with Crippen molar-refractivity contribution in [2.24, 2.45) is 0 Å². The molecule has 3 aromatic rings. The van der Waals surface area contributed by atoms with E-state index in [9.17, 15) is 0 Å². The molecule has 0 aliphatic heterocycles. The van der Waals surface area contributed by atoms with Crippen LogP contribution in [0.4, 0.5) is 0 Å². The highest BCUT2D eigenvalue weighted by molar-refractivity contribution is 6.10. The Bertz CT molecular complexity index is 625. The number of benzene rings is 2. The zero-order chi connectivity index (χ0) is 10.3. The average molecular weight is 197 g/mol. The molecule has 0 unspecified atom stereocenters. The maximum absolute atomic E-state index is 5.37. The Kier molecular flexibility index (Phi) is 1.68. The lowest BCUT2D eigenvalue weighted by molar-refractivity contribution is 0.420. The number of H-pyrrole nitrogens is 1. The van der Waals surface area contributed by atoms with Crippen LogP contribution in [-0.4, -0.2) is 12.1 Å². The molecule has 1 heterocycles. The van der Waals surface area contributed by atoms with Crippen molar-refractivity contribution in [3.8, 4) is 5.75 Å². The molecule has 0 fully saturated rings. The minimum Gasteiger partial charge on any atom is -0.496 e. The van der Waals surface area contributed by atoms with Crippen LogP contribution in [0.25, 0.3) is 21.5 Å².